The number of hydrogen-bond donors (Lipinski definition) is 3. The van der Waals surface area contributed by atoms with Crippen molar-refractivity contribution in [1.82, 2.24) is 10.3 Å². The summed E-state index contributed by atoms with van der Waals surface area (Å²) in [7, 11) is 0. The quantitative estimate of drug-likeness (QED) is 0.628. The van der Waals surface area contributed by atoms with Crippen LogP contribution in [0.5, 0.6) is 0 Å². The average Bonchev–Trinajstić information content (AvgIpc) is 2.15. The van der Waals surface area contributed by atoms with Crippen molar-refractivity contribution >= 4 is 12.0 Å². The number of primary amides is 1. The van der Waals surface area contributed by atoms with Gasteiger partial charge in [0.15, 0.2) is 0 Å². The fourth-order valence-electron chi connectivity index (χ4n) is 0.890. The van der Waals surface area contributed by atoms with Crippen LogP contribution in [0.2, 0.25) is 0 Å². The molecular formula is C8H9N3O3. The number of nitrogens with two attached hydrogens (primary N) is 1. The summed E-state index contributed by atoms with van der Waals surface area (Å²) in [6, 6.07) is 0.761. The summed E-state index contributed by atoms with van der Waals surface area (Å²) in [4.78, 5) is 24.6. The minimum absolute atomic E-state index is 0.0776. The van der Waals surface area contributed by atoms with Gasteiger partial charge in [-0.1, -0.05) is 0 Å². The Morgan fingerprint density at radius 1 is 1.50 bits per heavy atom. The van der Waals surface area contributed by atoms with Gasteiger partial charge >= 0.3 is 12.0 Å². The molecule has 14 heavy (non-hydrogen) atoms. The van der Waals surface area contributed by atoms with E-state index in [1.54, 1.807) is 0 Å². The normalized spacial score (nSPS) is 9.43. The van der Waals surface area contributed by atoms with Crippen LogP contribution in [0, 0.1) is 0 Å². The summed E-state index contributed by atoms with van der Waals surface area (Å²) in [6.45, 7) is 0.170. The van der Waals surface area contributed by atoms with E-state index in [1.165, 1.54) is 18.5 Å². The third kappa shape index (κ3) is 2.74. The molecule has 0 radical (unpaired) electrons. The molecule has 0 spiro atoms. The van der Waals surface area contributed by atoms with Crippen molar-refractivity contribution in [3.63, 3.8) is 0 Å². The molecule has 0 aliphatic rings. The Morgan fingerprint density at radius 2 is 2.21 bits per heavy atom. The van der Waals surface area contributed by atoms with Crippen molar-refractivity contribution in [1.29, 1.82) is 0 Å². The molecule has 2 amide bonds. The Hall–Kier alpha value is -2.11. The van der Waals surface area contributed by atoms with Gasteiger partial charge in [0.1, 0.15) is 0 Å². The molecule has 0 saturated carbocycles. The van der Waals surface area contributed by atoms with Gasteiger partial charge in [-0.2, -0.15) is 0 Å². The number of rotatable bonds is 3. The fraction of sp³-hybridized carbons (Fsp3) is 0.125. The van der Waals surface area contributed by atoms with Crippen LogP contribution in [0.15, 0.2) is 18.5 Å². The Kier molecular flexibility index (Phi) is 3.01. The van der Waals surface area contributed by atoms with E-state index >= 15 is 0 Å². The molecule has 6 heteroatoms. The van der Waals surface area contributed by atoms with Gasteiger partial charge in [0, 0.05) is 18.9 Å². The number of pyridine rings is 1. The first kappa shape index (κ1) is 9.97. The van der Waals surface area contributed by atoms with Crippen molar-refractivity contribution in [2.45, 2.75) is 6.54 Å². The molecule has 6 nitrogen and oxygen atoms in total. The van der Waals surface area contributed by atoms with Crippen LogP contribution in [-0.4, -0.2) is 22.1 Å². The van der Waals surface area contributed by atoms with Crippen LogP contribution in [0.25, 0.3) is 0 Å². The Morgan fingerprint density at radius 3 is 2.79 bits per heavy atom. The second-order valence-corrected chi connectivity index (χ2v) is 2.60. The number of carbonyl (C=O) groups is 2. The zero-order valence-electron chi connectivity index (χ0n) is 7.23. The SMILES string of the molecule is NC(=O)NCc1cncc(C(=O)O)c1. The first-order valence-electron chi connectivity index (χ1n) is 3.80. The third-order valence-corrected chi connectivity index (χ3v) is 1.51. The molecule has 0 aromatic carbocycles. The highest BCUT2D eigenvalue weighted by molar-refractivity contribution is 5.87. The molecular weight excluding hydrogens is 186 g/mol. The lowest BCUT2D eigenvalue weighted by Crippen LogP contribution is -2.28. The van der Waals surface area contributed by atoms with Crippen molar-refractivity contribution in [3.8, 4) is 0 Å². The predicted molar refractivity (Wildman–Crippen MR) is 47.6 cm³/mol. The maximum atomic E-state index is 10.5. The predicted octanol–water partition coefficient (Wildman–Crippen LogP) is -0.0519. The van der Waals surface area contributed by atoms with Crippen LogP contribution in [0.3, 0.4) is 0 Å². The lowest BCUT2D eigenvalue weighted by atomic mass is 10.2. The van der Waals surface area contributed by atoms with Crippen molar-refractivity contribution < 1.29 is 14.7 Å². The van der Waals surface area contributed by atoms with Crippen LogP contribution < -0.4 is 11.1 Å². The molecule has 1 heterocycles. The largest absolute Gasteiger partial charge is 0.478 e. The van der Waals surface area contributed by atoms with E-state index in [1.807, 2.05) is 0 Å². The smallest absolute Gasteiger partial charge is 0.337 e. The summed E-state index contributed by atoms with van der Waals surface area (Å²) >= 11 is 0. The maximum Gasteiger partial charge on any atom is 0.337 e. The number of hydrogen-bond acceptors (Lipinski definition) is 3. The highest BCUT2D eigenvalue weighted by Gasteiger charge is 2.04. The molecule has 74 valence electrons. The summed E-state index contributed by atoms with van der Waals surface area (Å²) in [5.41, 5.74) is 5.52. The highest BCUT2D eigenvalue weighted by atomic mass is 16.4. The molecule has 4 N–H and O–H groups in total. The van der Waals surface area contributed by atoms with Gasteiger partial charge < -0.3 is 16.2 Å². The van der Waals surface area contributed by atoms with Crippen LogP contribution >= 0.6 is 0 Å². The van der Waals surface area contributed by atoms with Gasteiger partial charge in [-0.15, -0.1) is 0 Å². The van der Waals surface area contributed by atoms with Crippen molar-refractivity contribution in [2.75, 3.05) is 0 Å². The van der Waals surface area contributed by atoms with E-state index in [0.29, 0.717) is 5.56 Å². The number of carboxylic acids is 1. The minimum atomic E-state index is -1.06. The standard InChI is InChI=1S/C8H9N3O3/c9-8(14)11-3-5-1-6(7(12)13)4-10-2-5/h1-2,4H,3H2,(H,12,13)(H3,9,11,14). The molecule has 0 aliphatic heterocycles. The number of urea groups is 1. The number of nitrogens with zero attached hydrogens (tertiary/aromatic N) is 1. The second-order valence-electron chi connectivity index (χ2n) is 2.60. The lowest BCUT2D eigenvalue weighted by Gasteiger charge is -2.01. The van der Waals surface area contributed by atoms with Gasteiger partial charge in [-0.05, 0) is 11.6 Å². The molecule has 1 aromatic heterocycles. The van der Waals surface area contributed by atoms with E-state index in [2.05, 4.69) is 10.3 Å². The number of carboxylic acid groups (broad SMARTS) is 1. The van der Waals surface area contributed by atoms with Crippen LogP contribution in [0.1, 0.15) is 15.9 Å². The first-order valence-corrected chi connectivity index (χ1v) is 3.80. The molecule has 0 bridgehead atoms. The summed E-state index contributed by atoms with van der Waals surface area (Å²) < 4.78 is 0. The van der Waals surface area contributed by atoms with Gasteiger partial charge in [-0.3, -0.25) is 4.98 Å². The van der Waals surface area contributed by atoms with Crippen molar-refractivity contribution in [2.24, 2.45) is 5.73 Å². The zero-order valence-corrected chi connectivity index (χ0v) is 7.23. The Bertz CT molecular complexity index is 365. The monoisotopic (exact) mass is 195 g/mol. The maximum absolute atomic E-state index is 10.5. The van der Waals surface area contributed by atoms with Crippen molar-refractivity contribution in [3.05, 3.63) is 29.6 Å². The van der Waals surface area contributed by atoms with Gasteiger partial charge in [0.25, 0.3) is 0 Å². The lowest BCUT2D eigenvalue weighted by molar-refractivity contribution is 0.0696. The minimum Gasteiger partial charge on any atom is -0.478 e. The molecule has 0 aliphatic carbocycles. The fourth-order valence-corrected chi connectivity index (χ4v) is 0.890. The van der Waals surface area contributed by atoms with E-state index < -0.39 is 12.0 Å². The average molecular weight is 195 g/mol. The van der Waals surface area contributed by atoms with E-state index in [0.717, 1.165) is 0 Å². The van der Waals surface area contributed by atoms with Gasteiger partial charge in [0.2, 0.25) is 0 Å². The van der Waals surface area contributed by atoms with Gasteiger partial charge in [0.05, 0.1) is 5.56 Å². The van der Waals surface area contributed by atoms with E-state index in [9.17, 15) is 9.59 Å². The molecule has 0 saturated heterocycles. The summed E-state index contributed by atoms with van der Waals surface area (Å²) in [5, 5.41) is 11.0. The number of amides is 2. The number of aromatic carboxylic acids is 1. The number of aromatic nitrogens is 1. The Balaban J connectivity index is 2.73. The molecule has 0 fully saturated rings. The first-order chi connectivity index (χ1) is 6.59. The van der Waals surface area contributed by atoms with E-state index in [4.69, 9.17) is 10.8 Å². The summed E-state index contributed by atoms with van der Waals surface area (Å²) in [6.07, 6.45) is 2.69. The third-order valence-electron chi connectivity index (χ3n) is 1.51. The number of carbonyl (C=O) groups excluding carboxylic acids is 1. The van der Waals surface area contributed by atoms with Crippen LogP contribution in [-0.2, 0) is 6.54 Å². The van der Waals surface area contributed by atoms with E-state index in [-0.39, 0.29) is 12.1 Å². The van der Waals surface area contributed by atoms with Crippen LogP contribution in [0.4, 0.5) is 4.79 Å². The van der Waals surface area contributed by atoms with Gasteiger partial charge in [-0.25, -0.2) is 9.59 Å². The Labute approximate surface area is 79.8 Å². The molecule has 0 atom stereocenters. The molecule has 1 aromatic rings. The second kappa shape index (κ2) is 4.22. The molecule has 0 unspecified atom stereocenters. The topological polar surface area (TPSA) is 105 Å². The summed E-state index contributed by atoms with van der Waals surface area (Å²) in [5.74, 6) is -1.06. The zero-order chi connectivity index (χ0) is 10.6. The molecule has 1 rings (SSSR count). The number of nitrogens with one attached hydrogen (secondary N) is 1. The highest BCUT2D eigenvalue weighted by Crippen LogP contribution is 2.02.